The van der Waals surface area contributed by atoms with Gasteiger partial charge in [-0.15, -0.1) is 0 Å². The molecule has 0 bridgehead atoms. The van der Waals surface area contributed by atoms with Crippen LogP contribution in [0.4, 0.5) is 23.6 Å². The standard InChI is InChI=1S/C10H6F4N2O/c11-8-5(7-4-16-9(15)17-7)2-1-3-6(8)10(12,13)14/h1-4H,(H2,15,16). The van der Waals surface area contributed by atoms with E-state index < -0.39 is 17.6 Å². The van der Waals surface area contributed by atoms with Gasteiger partial charge < -0.3 is 10.2 Å². The number of nitrogens with zero attached hydrogens (tertiary/aromatic N) is 1. The molecule has 0 unspecified atom stereocenters. The number of nitrogens with two attached hydrogens (primary N) is 1. The molecule has 0 aliphatic rings. The third kappa shape index (κ3) is 2.08. The molecule has 3 nitrogen and oxygen atoms in total. The van der Waals surface area contributed by atoms with Gasteiger partial charge in [0.25, 0.3) is 6.01 Å². The second-order valence-electron chi connectivity index (χ2n) is 3.23. The monoisotopic (exact) mass is 246 g/mol. The Morgan fingerprint density at radius 3 is 2.47 bits per heavy atom. The SMILES string of the molecule is Nc1ncc(-c2cccc(C(F)(F)F)c2F)o1. The Balaban J connectivity index is 2.57. The molecule has 0 saturated heterocycles. The van der Waals surface area contributed by atoms with Gasteiger partial charge in [-0.2, -0.15) is 13.2 Å². The van der Waals surface area contributed by atoms with Crippen molar-refractivity contribution in [1.29, 1.82) is 0 Å². The fourth-order valence-electron chi connectivity index (χ4n) is 1.35. The number of hydrogen-bond acceptors (Lipinski definition) is 3. The van der Waals surface area contributed by atoms with Crippen molar-refractivity contribution in [2.75, 3.05) is 5.73 Å². The van der Waals surface area contributed by atoms with Crippen LogP contribution in [0.3, 0.4) is 0 Å². The molecular weight excluding hydrogens is 240 g/mol. The van der Waals surface area contributed by atoms with Crippen molar-refractivity contribution in [1.82, 2.24) is 4.98 Å². The van der Waals surface area contributed by atoms with E-state index in [2.05, 4.69) is 4.98 Å². The number of benzene rings is 1. The molecule has 7 heteroatoms. The van der Waals surface area contributed by atoms with Crippen LogP contribution in [0.2, 0.25) is 0 Å². The summed E-state index contributed by atoms with van der Waals surface area (Å²) in [6, 6.07) is 2.65. The summed E-state index contributed by atoms with van der Waals surface area (Å²) in [6.45, 7) is 0. The van der Waals surface area contributed by atoms with Gasteiger partial charge in [-0.05, 0) is 12.1 Å². The molecule has 0 atom stereocenters. The van der Waals surface area contributed by atoms with E-state index in [0.29, 0.717) is 6.07 Å². The lowest BCUT2D eigenvalue weighted by Crippen LogP contribution is -2.08. The predicted molar refractivity (Wildman–Crippen MR) is 51.3 cm³/mol. The maximum Gasteiger partial charge on any atom is 0.419 e. The average molecular weight is 246 g/mol. The molecule has 0 radical (unpaired) electrons. The molecule has 0 aliphatic carbocycles. The van der Waals surface area contributed by atoms with E-state index in [0.717, 1.165) is 18.3 Å². The van der Waals surface area contributed by atoms with Gasteiger partial charge in [-0.1, -0.05) is 6.07 Å². The molecule has 0 spiro atoms. The number of halogens is 4. The van der Waals surface area contributed by atoms with Crippen molar-refractivity contribution in [3.63, 3.8) is 0 Å². The van der Waals surface area contributed by atoms with Gasteiger partial charge in [-0.25, -0.2) is 9.37 Å². The van der Waals surface area contributed by atoms with E-state index in [1.54, 1.807) is 0 Å². The van der Waals surface area contributed by atoms with Crippen LogP contribution in [0.25, 0.3) is 11.3 Å². The van der Waals surface area contributed by atoms with E-state index in [-0.39, 0.29) is 17.3 Å². The quantitative estimate of drug-likeness (QED) is 0.786. The first kappa shape index (κ1) is 11.4. The van der Waals surface area contributed by atoms with Gasteiger partial charge in [0.15, 0.2) is 5.76 Å². The molecule has 17 heavy (non-hydrogen) atoms. The summed E-state index contributed by atoms with van der Waals surface area (Å²) in [5, 5.41) is 0. The van der Waals surface area contributed by atoms with Crippen LogP contribution < -0.4 is 5.73 Å². The average Bonchev–Trinajstić information content (AvgIpc) is 2.63. The number of aromatic nitrogens is 1. The molecule has 0 amide bonds. The summed E-state index contributed by atoms with van der Waals surface area (Å²) in [6.07, 6.45) is -3.69. The van der Waals surface area contributed by atoms with E-state index in [4.69, 9.17) is 10.2 Å². The highest BCUT2D eigenvalue weighted by Gasteiger charge is 2.35. The molecule has 1 heterocycles. The van der Waals surface area contributed by atoms with Crippen LogP contribution >= 0.6 is 0 Å². The number of anilines is 1. The van der Waals surface area contributed by atoms with Crippen LogP contribution in [0.15, 0.2) is 28.8 Å². The summed E-state index contributed by atoms with van der Waals surface area (Å²) in [5.74, 6) is -1.55. The Morgan fingerprint density at radius 1 is 1.24 bits per heavy atom. The molecule has 1 aromatic carbocycles. The fraction of sp³-hybridized carbons (Fsp3) is 0.100. The van der Waals surface area contributed by atoms with Crippen molar-refractivity contribution in [2.45, 2.75) is 6.18 Å². The third-order valence-corrected chi connectivity index (χ3v) is 2.09. The summed E-state index contributed by atoms with van der Waals surface area (Å²) in [7, 11) is 0. The number of rotatable bonds is 1. The van der Waals surface area contributed by atoms with E-state index in [1.807, 2.05) is 0 Å². The lowest BCUT2D eigenvalue weighted by Gasteiger charge is -2.09. The normalized spacial score (nSPS) is 11.8. The fourth-order valence-corrected chi connectivity index (χ4v) is 1.35. The molecule has 2 N–H and O–H groups in total. The van der Waals surface area contributed by atoms with E-state index in [9.17, 15) is 17.6 Å². The predicted octanol–water partition coefficient (Wildman–Crippen LogP) is 3.08. The zero-order valence-corrected chi connectivity index (χ0v) is 8.25. The molecule has 90 valence electrons. The first-order valence-corrected chi connectivity index (χ1v) is 4.47. The van der Waals surface area contributed by atoms with Crippen LogP contribution in [0.1, 0.15) is 5.56 Å². The summed E-state index contributed by atoms with van der Waals surface area (Å²) in [4.78, 5) is 3.49. The van der Waals surface area contributed by atoms with Crippen LogP contribution in [0, 0.1) is 5.82 Å². The maximum absolute atomic E-state index is 13.6. The molecule has 0 saturated carbocycles. The minimum absolute atomic E-state index is 0.147. The van der Waals surface area contributed by atoms with Gasteiger partial charge in [0.1, 0.15) is 5.82 Å². The van der Waals surface area contributed by atoms with Crippen molar-refractivity contribution >= 4 is 6.01 Å². The minimum Gasteiger partial charge on any atom is -0.424 e. The Kier molecular flexibility index (Phi) is 2.53. The van der Waals surface area contributed by atoms with Crippen LogP contribution in [0.5, 0.6) is 0 Å². The molecule has 1 aromatic heterocycles. The van der Waals surface area contributed by atoms with Gasteiger partial charge in [0, 0.05) is 0 Å². The van der Waals surface area contributed by atoms with Crippen molar-refractivity contribution in [3.8, 4) is 11.3 Å². The van der Waals surface area contributed by atoms with Crippen molar-refractivity contribution in [3.05, 3.63) is 35.8 Å². The summed E-state index contributed by atoms with van der Waals surface area (Å²) in [5.41, 5.74) is 3.48. The second kappa shape index (κ2) is 3.76. The third-order valence-electron chi connectivity index (χ3n) is 2.09. The Hall–Kier alpha value is -2.05. The molecule has 2 aromatic rings. The maximum atomic E-state index is 13.6. The van der Waals surface area contributed by atoms with E-state index >= 15 is 0 Å². The molecule has 0 aliphatic heterocycles. The lowest BCUT2D eigenvalue weighted by molar-refractivity contribution is -0.139. The number of nitrogen functional groups attached to an aromatic ring is 1. The molecule has 2 rings (SSSR count). The smallest absolute Gasteiger partial charge is 0.419 e. The zero-order valence-electron chi connectivity index (χ0n) is 8.25. The highest BCUT2D eigenvalue weighted by molar-refractivity contribution is 5.59. The zero-order chi connectivity index (χ0) is 12.6. The topological polar surface area (TPSA) is 52.0 Å². The first-order valence-electron chi connectivity index (χ1n) is 4.47. The Morgan fingerprint density at radius 2 is 1.94 bits per heavy atom. The minimum atomic E-state index is -4.76. The Bertz CT molecular complexity index is 547. The highest BCUT2D eigenvalue weighted by Crippen LogP contribution is 2.35. The number of hydrogen-bond donors (Lipinski definition) is 1. The number of alkyl halides is 3. The van der Waals surface area contributed by atoms with Crippen LogP contribution in [-0.2, 0) is 6.18 Å². The van der Waals surface area contributed by atoms with Gasteiger partial charge >= 0.3 is 6.18 Å². The lowest BCUT2D eigenvalue weighted by atomic mass is 10.1. The van der Waals surface area contributed by atoms with Crippen molar-refractivity contribution < 1.29 is 22.0 Å². The summed E-state index contributed by atoms with van der Waals surface area (Å²) < 4.78 is 55.7. The first-order chi connectivity index (χ1) is 7.89. The molecular formula is C10H6F4N2O. The van der Waals surface area contributed by atoms with Crippen molar-refractivity contribution in [2.24, 2.45) is 0 Å². The molecule has 0 fully saturated rings. The van der Waals surface area contributed by atoms with Gasteiger partial charge in [0.2, 0.25) is 0 Å². The number of oxazole rings is 1. The van der Waals surface area contributed by atoms with Gasteiger partial charge in [-0.3, -0.25) is 0 Å². The summed E-state index contributed by atoms with van der Waals surface area (Å²) >= 11 is 0. The second-order valence-corrected chi connectivity index (χ2v) is 3.23. The highest BCUT2D eigenvalue weighted by atomic mass is 19.4. The van der Waals surface area contributed by atoms with Gasteiger partial charge in [0.05, 0.1) is 17.3 Å². The van der Waals surface area contributed by atoms with E-state index in [1.165, 1.54) is 0 Å². The van der Waals surface area contributed by atoms with Crippen LogP contribution in [-0.4, -0.2) is 4.98 Å². The Labute approximate surface area is 92.9 Å². The largest absolute Gasteiger partial charge is 0.424 e.